The molecule has 1 aliphatic rings. The van der Waals surface area contributed by atoms with Crippen molar-refractivity contribution in [3.05, 3.63) is 59.5 Å². The number of amides is 2. The summed E-state index contributed by atoms with van der Waals surface area (Å²) in [6, 6.07) is 10.8. The van der Waals surface area contributed by atoms with Crippen LogP contribution in [0.3, 0.4) is 0 Å². The summed E-state index contributed by atoms with van der Waals surface area (Å²) in [5.41, 5.74) is 2.20. The lowest BCUT2D eigenvalue weighted by Gasteiger charge is -2.35. The molecule has 0 saturated carbocycles. The van der Waals surface area contributed by atoms with E-state index < -0.39 is 6.04 Å². The quantitative estimate of drug-likeness (QED) is 0.860. The molecular weight excluding hydrogens is 304 g/mol. The van der Waals surface area contributed by atoms with Gasteiger partial charge in [-0.05, 0) is 29.7 Å². The van der Waals surface area contributed by atoms with Crippen LogP contribution >= 0.6 is 0 Å². The van der Waals surface area contributed by atoms with Gasteiger partial charge in [-0.25, -0.2) is 0 Å². The van der Waals surface area contributed by atoms with E-state index in [1.165, 1.54) is 6.26 Å². The zero-order chi connectivity index (χ0) is 16.9. The van der Waals surface area contributed by atoms with E-state index in [0.717, 1.165) is 24.0 Å². The third-order valence-corrected chi connectivity index (χ3v) is 4.37. The fraction of sp³-hybridized carbons (Fsp3) is 0.368. The Morgan fingerprint density at radius 2 is 2.00 bits per heavy atom. The van der Waals surface area contributed by atoms with Crippen LogP contribution < -0.4 is 5.32 Å². The second-order valence-electron chi connectivity index (χ2n) is 6.04. The molecule has 0 aliphatic carbocycles. The molecule has 3 rings (SSSR count). The molecule has 1 unspecified atom stereocenters. The number of hydrogen-bond donors (Lipinski definition) is 1. The Morgan fingerprint density at radius 1 is 1.21 bits per heavy atom. The molecule has 0 bridgehead atoms. The van der Waals surface area contributed by atoms with Crippen molar-refractivity contribution in [2.75, 3.05) is 6.54 Å². The Labute approximate surface area is 141 Å². The van der Waals surface area contributed by atoms with E-state index in [-0.39, 0.29) is 17.6 Å². The average Bonchev–Trinajstić information content (AvgIpc) is 3.14. The number of carbonyl (C=O) groups is 2. The predicted octanol–water partition coefficient (Wildman–Crippen LogP) is 2.76. The number of furan rings is 1. The van der Waals surface area contributed by atoms with Gasteiger partial charge in [-0.1, -0.05) is 37.6 Å². The number of hydrogen-bond acceptors (Lipinski definition) is 3. The van der Waals surface area contributed by atoms with Crippen LogP contribution in [0.2, 0.25) is 0 Å². The highest BCUT2D eigenvalue weighted by Gasteiger charge is 2.35. The van der Waals surface area contributed by atoms with Gasteiger partial charge in [-0.15, -0.1) is 0 Å². The first-order chi connectivity index (χ1) is 11.7. The molecule has 126 valence electrons. The lowest BCUT2D eigenvalue weighted by Crippen LogP contribution is -2.52. The smallest absolute Gasteiger partial charge is 0.290 e. The topological polar surface area (TPSA) is 62.6 Å². The third kappa shape index (κ3) is 3.35. The SMILES string of the molecule is CCCCNC(=O)C1Cc2ccccc2CN1C(=O)c1ccco1. The van der Waals surface area contributed by atoms with Gasteiger partial charge in [0, 0.05) is 19.5 Å². The highest BCUT2D eigenvalue weighted by Crippen LogP contribution is 2.25. The van der Waals surface area contributed by atoms with Crippen LogP contribution in [0.15, 0.2) is 47.1 Å². The molecule has 0 spiro atoms. The Balaban J connectivity index is 1.84. The zero-order valence-electron chi connectivity index (χ0n) is 13.8. The van der Waals surface area contributed by atoms with Crippen LogP contribution in [-0.2, 0) is 17.8 Å². The van der Waals surface area contributed by atoms with E-state index in [2.05, 4.69) is 12.2 Å². The maximum Gasteiger partial charge on any atom is 0.290 e. The van der Waals surface area contributed by atoms with Crippen molar-refractivity contribution in [3.8, 4) is 0 Å². The highest BCUT2D eigenvalue weighted by molar-refractivity contribution is 5.96. The molecular formula is C19H22N2O3. The van der Waals surface area contributed by atoms with Crippen LogP contribution in [0, 0.1) is 0 Å². The lowest BCUT2D eigenvalue weighted by atomic mass is 9.93. The maximum absolute atomic E-state index is 12.8. The standard InChI is InChI=1S/C19H22N2O3/c1-2-3-10-20-18(22)16-12-14-7-4-5-8-15(14)13-21(16)19(23)17-9-6-11-24-17/h4-9,11,16H,2-3,10,12-13H2,1H3,(H,20,22). The van der Waals surface area contributed by atoms with Crippen LogP contribution in [0.4, 0.5) is 0 Å². The Kier molecular flexibility index (Phi) is 4.99. The summed E-state index contributed by atoms with van der Waals surface area (Å²) < 4.78 is 5.24. The third-order valence-electron chi connectivity index (χ3n) is 4.37. The molecule has 2 heterocycles. The Morgan fingerprint density at radius 3 is 2.71 bits per heavy atom. The average molecular weight is 326 g/mol. The summed E-state index contributed by atoms with van der Waals surface area (Å²) in [6.45, 7) is 3.13. The molecule has 0 saturated heterocycles. The number of fused-ring (bicyclic) bond motifs is 1. The summed E-state index contributed by atoms with van der Waals surface area (Å²) in [5.74, 6) is -0.0799. The van der Waals surface area contributed by atoms with E-state index in [1.807, 2.05) is 24.3 Å². The number of nitrogens with one attached hydrogen (secondary N) is 1. The summed E-state index contributed by atoms with van der Waals surface area (Å²) in [4.78, 5) is 27.0. The molecule has 24 heavy (non-hydrogen) atoms. The van der Waals surface area contributed by atoms with Crippen molar-refractivity contribution in [2.24, 2.45) is 0 Å². The van der Waals surface area contributed by atoms with E-state index in [4.69, 9.17) is 4.42 Å². The van der Waals surface area contributed by atoms with E-state index in [9.17, 15) is 9.59 Å². The Bertz CT molecular complexity index is 709. The minimum absolute atomic E-state index is 0.0992. The van der Waals surface area contributed by atoms with Gasteiger partial charge in [0.1, 0.15) is 6.04 Å². The molecule has 5 heteroatoms. The van der Waals surface area contributed by atoms with Gasteiger partial charge in [-0.2, -0.15) is 0 Å². The summed E-state index contributed by atoms with van der Waals surface area (Å²) in [7, 11) is 0. The zero-order valence-corrected chi connectivity index (χ0v) is 13.8. The number of rotatable bonds is 5. The van der Waals surface area contributed by atoms with Gasteiger partial charge >= 0.3 is 0 Å². The molecule has 2 aromatic rings. The van der Waals surface area contributed by atoms with Crippen LogP contribution in [0.25, 0.3) is 0 Å². The molecule has 1 aromatic carbocycles. The number of unbranched alkanes of at least 4 members (excludes halogenated alkanes) is 1. The largest absolute Gasteiger partial charge is 0.459 e. The Hall–Kier alpha value is -2.56. The van der Waals surface area contributed by atoms with Crippen LogP contribution in [0.1, 0.15) is 41.4 Å². The maximum atomic E-state index is 12.8. The molecule has 5 nitrogen and oxygen atoms in total. The van der Waals surface area contributed by atoms with Crippen LogP contribution in [-0.4, -0.2) is 29.3 Å². The molecule has 0 fully saturated rings. The number of benzene rings is 1. The van der Waals surface area contributed by atoms with Crippen molar-refractivity contribution >= 4 is 11.8 Å². The monoisotopic (exact) mass is 326 g/mol. The summed E-state index contributed by atoms with van der Waals surface area (Å²) in [6.07, 6.45) is 3.95. The molecule has 1 N–H and O–H groups in total. The van der Waals surface area contributed by atoms with Gasteiger partial charge in [0.2, 0.25) is 5.91 Å². The molecule has 0 radical (unpaired) electrons. The lowest BCUT2D eigenvalue weighted by molar-refractivity contribution is -0.126. The molecule has 1 aliphatic heterocycles. The first-order valence-electron chi connectivity index (χ1n) is 8.39. The number of carbonyl (C=O) groups excluding carboxylic acids is 2. The molecule has 2 amide bonds. The van der Waals surface area contributed by atoms with Crippen molar-refractivity contribution in [1.82, 2.24) is 10.2 Å². The number of nitrogens with zero attached hydrogens (tertiary/aromatic N) is 1. The van der Waals surface area contributed by atoms with Crippen molar-refractivity contribution in [2.45, 2.75) is 38.8 Å². The normalized spacial score (nSPS) is 16.5. The minimum Gasteiger partial charge on any atom is -0.459 e. The fourth-order valence-electron chi connectivity index (χ4n) is 3.02. The van der Waals surface area contributed by atoms with Crippen molar-refractivity contribution in [1.29, 1.82) is 0 Å². The summed E-state index contributed by atoms with van der Waals surface area (Å²) in [5, 5.41) is 2.95. The van der Waals surface area contributed by atoms with Gasteiger partial charge in [0.05, 0.1) is 6.26 Å². The molecule has 1 aromatic heterocycles. The predicted molar refractivity (Wildman–Crippen MR) is 90.4 cm³/mol. The van der Waals surface area contributed by atoms with E-state index in [1.54, 1.807) is 17.0 Å². The van der Waals surface area contributed by atoms with Gasteiger partial charge in [0.15, 0.2) is 5.76 Å². The first kappa shape index (κ1) is 16.3. The van der Waals surface area contributed by atoms with Gasteiger partial charge in [0.25, 0.3) is 5.91 Å². The second kappa shape index (κ2) is 7.34. The summed E-state index contributed by atoms with van der Waals surface area (Å²) >= 11 is 0. The molecule has 1 atom stereocenters. The van der Waals surface area contributed by atoms with Crippen molar-refractivity contribution in [3.63, 3.8) is 0 Å². The van der Waals surface area contributed by atoms with E-state index >= 15 is 0 Å². The van der Waals surface area contributed by atoms with Gasteiger partial charge < -0.3 is 14.6 Å². The van der Waals surface area contributed by atoms with E-state index in [0.29, 0.717) is 19.5 Å². The van der Waals surface area contributed by atoms with Crippen LogP contribution in [0.5, 0.6) is 0 Å². The fourth-order valence-corrected chi connectivity index (χ4v) is 3.02. The highest BCUT2D eigenvalue weighted by atomic mass is 16.3. The van der Waals surface area contributed by atoms with Gasteiger partial charge in [-0.3, -0.25) is 9.59 Å². The van der Waals surface area contributed by atoms with Crippen molar-refractivity contribution < 1.29 is 14.0 Å². The second-order valence-corrected chi connectivity index (χ2v) is 6.04. The first-order valence-corrected chi connectivity index (χ1v) is 8.39. The minimum atomic E-state index is -0.505.